The van der Waals surface area contributed by atoms with Crippen molar-refractivity contribution in [1.82, 2.24) is 4.90 Å². The molecular weight excluding hydrogens is 410 g/mol. The fourth-order valence-corrected chi connectivity index (χ4v) is 4.68. The van der Waals surface area contributed by atoms with Crippen LogP contribution in [0.4, 0.5) is 11.4 Å². The summed E-state index contributed by atoms with van der Waals surface area (Å²) in [5, 5.41) is 11.2. The van der Waals surface area contributed by atoms with Crippen LogP contribution in [0.25, 0.3) is 0 Å². The highest BCUT2D eigenvalue weighted by Gasteiger charge is 2.46. The third kappa shape index (κ3) is 4.26. The highest BCUT2D eigenvalue weighted by atomic mass is 16.6. The Kier molecular flexibility index (Phi) is 6.30. The van der Waals surface area contributed by atoms with E-state index in [1.54, 1.807) is 30.3 Å². The number of carbonyl (C=O) groups is 3. The van der Waals surface area contributed by atoms with Crippen molar-refractivity contribution in [2.45, 2.75) is 57.0 Å². The molecule has 1 aliphatic carbocycles. The molecule has 4 rings (SSSR count). The number of imide groups is 1. The maximum atomic E-state index is 13.6. The second-order valence-corrected chi connectivity index (χ2v) is 8.29. The van der Waals surface area contributed by atoms with Gasteiger partial charge in [0.1, 0.15) is 6.04 Å². The molecular formula is C24H25N3O5. The van der Waals surface area contributed by atoms with Crippen LogP contribution >= 0.6 is 0 Å². The minimum atomic E-state index is -0.919. The van der Waals surface area contributed by atoms with Gasteiger partial charge in [-0.15, -0.1) is 0 Å². The van der Waals surface area contributed by atoms with Gasteiger partial charge in [-0.25, -0.2) is 4.90 Å². The fourth-order valence-electron chi connectivity index (χ4n) is 4.68. The first-order valence-corrected chi connectivity index (χ1v) is 11.0. The molecule has 32 heavy (non-hydrogen) atoms. The molecule has 1 aliphatic heterocycles. The molecule has 3 amide bonds. The zero-order valence-corrected chi connectivity index (χ0v) is 17.7. The summed E-state index contributed by atoms with van der Waals surface area (Å²) in [6.07, 6.45) is 5.37. The Bertz CT molecular complexity index is 1030. The Labute approximate surface area is 186 Å². The quantitative estimate of drug-likeness (QED) is 0.305. The molecule has 166 valence electrons. The smallest absolute Gasteiger partial charge is 0.270 e. The van der Waals surface area contributed by atoms with E-state index in [9.17, 15) is 24.5 Å². The third-order valence-electron chi connectivity index (χ3n) is 6.23. The van der Waals surface area contributed by atoms with Gasteiger partial charge in [0.2, 0.25) is 5.91 Å². The molecule has 0 N–H and O–H groups in total. The number of amides is 3. The van der Waals surface area contributed by atoms with Crippen LogP contribution in [-0.2, 0) is 9.59 Å². The number of nitro groups is 1. The van der Waals surface area contributed by atoms with Crippen molar-refractivity contribution in [3.05, 3.63) is 70.3 Å². The van der Waals surface area contributed by atoms with Gasteiger partial charge in [-0.05, 0) is 31.0 Å². The number of carbonyl (C=O) groups excluding carboxylic acids is 3. The molecule has 2 aromatic rings. The number of benzene rings is 2. The normalized spacial score (nSPS) is 19.6. The van der Waals surface area contributed by atoms with Crippen LogP contribution in [-0.4, -0.2) is 39.6 Å². The first kappa shape index (κ1) is 21.7. The number of hydrogen-bond donors (Lipinski definition) is 0. The molecule has 1 heterocycles. The van der Waals surface area contributed by atoms with Gasteiger partial charge in [0, 0.05) is 23.7 Å². The van der Waals surface area contributed by atoms with Gasteiger partial charge in [-0.2, -0.15) is 0 Å². The standard InChI is InChI=1S/C24H25N3O5/c28-22-16-21(24(30)26(22)19-12-6-3-7-13-19)25(18-10-4-1-2-5-11-18)23(29)17-9-8-14-20(15-17)27(31)32/h3,6-9,12-15,18,21H,1-2,4-5,10-11,16H2. The number of para-hydroxylation sites is 1. The molecule has 2 aliphatic rings. The summed E-state index contributed by atoms with van der Waals surface area (Å²) in [4.78, 5) is 53.2. The molecule has 1 atom stereocenters. The molecule has 1 saturated heterocycles. The molecule has 0 radical (unpaired) electrons. The number of nitrogens with zero attached hydrogens (tertiary/aromatic N) is 3. The van der Waals surface area contributed by atoms with Crippen molar-refractivity contribution < 1.29 is 19.3 Å². The van der Waals surface area contributed by atoms with Crippen molar-refractivity contribution in [3.8, 4) is 0 Å². The van der Waals surface area contributed by atoms with Crippen LogP contribution < -0.4 is 4.90 Å². The lowest BCUT2D eigenvalue weighted by molar-refractivity contribution is -0.384. The van der Waals surface area contributed by atoms with Crippen LogP contribution in [0, 0.1) is 10.1 Å². The second kappa shape index (κ2) is 9.30. The number of hydrogen-bond acceptors (Lipinski definition) is 5. The van der Waals surface area contributed by atoms with Gasteiger partial charge < -0.3 is 4.90 Å². The Morgan fingerprint density at radius 1 is 0.969 bits per heavy atom. The van der Waals surface area contributed by atoms with E-state index < -0.39 is 22.8 Å². The SMILES string of the molecule is O=C1CC(N(C(=O)c2cccc([N+](=O)[O-])c2)C2CCCCCC2)C(=O)N1c1ccccc1. The average molecular weight is 435 g/mol. The highest BCUT2D eigenvalue weighted by molar-refractivity contribution is 6.23. The first-order valence-electron chi connectivity index (χ1n) is 11.0. The molecule has 0 bridgehead atoms. The van der Waals surface area contributed by atoms with Crippen LogP contribution in [0.2, 0.25) is 0 Å². The lowest BCUT2D eigenvalue weighted by atomic mass is 10.0. The van der Waals surface area contributed by atoms with Gasteiger partial charge in [-0.3, -0.25) is 24.5 Å². The average Bonchev–Trinajstić information content (AvgIpc) is 2.97. The van der Waals surface area contributed by atoms with Crippen molar-refractivity contribution >= 4 is 29.1 Å². The third-order valence-corrected chi connectivity index (χ3v) is 6.23. The fraction of sp³-hybridized carbons (Fsp3) is 0.375. The largest absolute Gasteiger partial charge is 0.323 e. The van der Waals surface area contributed by atoms with E-state index in [1.807, 2.05) is 0 Å². The zero-order chi connectivity index (χ0) is 22.7. The van der Waals surface area contributed by atoms with Crippen molar-refractivity contribution in [2.75, 3.05) is 4.90 Å². The van der Waals surface area contributed by atoms with Gasteiger partial charge in [0.25, 0.3) is 17.5 Å². The summed E-state index contributed by atoms with van der Waals surface area (Å²) < 4.78 is 0. The minimum Gasteiger partial charge on any atom is -0.323 e. The van der Waals surface area contributed by atoms with E-state index in [2.05, 4.69) is 0 Å². The van der Waals surface area contributed by atoms with Gasteiger partial charge >= 0.3 is 0 Å². The Hall–Kier alpha value is -3.55. The Morgan fingerprint density at radius 2 is 1.66 bits per heavy atom. The summed E-state index contributed by atoms with van der Waals surface area (Å²) in [6, 6.07) is 13.1. The first-order chi connectivity index (χ1) is 15.5. The van der Waals surface area contributed by atoms with Crippen LogP contribution in [0.3, 0.4) is 0 Å². The summed E-state index contributed by atoms with van der Waals surface area (Å²) >= 11 is 0. The number of nitro benzene ring substituents is 1. The van der Waals surface area contributed by atoms with Gasteiger partial charge in [0.15, 0.2) is 0 Å². The van der Waals surface area contributed by atoms with Gasteiger partial charge in [-0.1, -0.05) is 49.9 Å². The molecule has 1 unspecified atom stereocenters. The number of non-ortho nitro benzene ring substituents is 1. The molecule has 8 nitrogen and oxygen atoms in total. The maximum Gasteiger partial charge on any atom is 0.270 e. The number of rotatable bonds is 5. The molecule has 2 fully saturated rings. The Balaban J connectivity index is 1.70. The van der Waals surface area contributed by atoms with E-state index in [0.717, 1.165) is 43.4 Å². The monoisotopic (exact) mass is 435 g/mol. The molecule has 1 saturated carbocycles. The van der Waals surface area contributed by atoms with E-state index in [0.29, 0.717) is 5.69 Å². The highest BCUT2D eigenvalue weighted by Crippen LogP contribution is 2.32. The van der Waals surface area contributed by atoms with Gasteiger partial charge in [0.05, 0.1) is 17.0 Å². The maximum absolute atomic E-state index is 13.6. The topological polar surface area (TPSA) is 101 Å². The number of anilines is 1. The lowest BCUT2D eigenvalue weighted by Crippen LogP contribution is -2.50. The minimum absolute atomic E-state index is 0.0924. The summed E-state index contributed by atoms with van der Waals surface area (Å²) in [6.45, 7) is 0. The van der Waals surface area contributed by atoms with Crippen LogP contribution in [0.1, 0.15) is 55.3 Å². The van der Waals surface area contributed by atoms with E-state index in [1.165, 1.54) is 29.2 Å². The predicted molar refractivity (Wildman–Crippen MR) is 118 cm³/mol. The summed E-state index contributed by atoms with van der Waals surface area (Å²) in [7, 11) is 0. The molecule has 0 spiro atoms. The predicted octanol–water partition coefficient (Wildman–Crippen LogP) is 4.09. The Morgan fingerprint density at radius 3 is 2.31 bits per heavy atom. The molecule has 8 heteroatoms. The molecule has 2 aromatic carbocycles. The van der Waals surface area contributed by atoms with Crippen LogP contribution in [0.5, 0.6) is 0 Å². The van der Waals surface area contributed by atoms with Crippen molar-refractivity contribution in [2.24, 2.45) is 0 Å². The van der Waals surface area contributed by atoms with Crippen molar-refractivity contribution in [3.63, 3.8) is 0 Å². The van der Waals surface area contributed by atoms with Crippen LogP contribution in [0.15, 0.2) is 54.6 Å². The molecule has 0 aromatic heterocycles. The summed E-state index contributed by atoms with van der Waals surface area (Å²) in [5.41, 5.74) is 0.451. The lowest BCUT2D eigenvalue weighted by Gasteiger charge is -2.35. The van der Waals surface area contributed by atoms with Crippen molar-refractivity contribution in [1.29, 1.82) is 0 Å². The van der Waals surface area contributed by atoms with E-state index in [-0.39, 0.29) is 29.6 Å². The van der Waals surface area contributed by atoms with E-state index >= 15 is 0 Å². The van der Waals surface area contributed by atoms with E-state index in [4.69, 9.17) is 0 Å². The summed E-state index contributed by atoms with van der Waals surface area (Å²) in [5.74, 6) is -1.22. The second-order valence-electron chi connectivity index (χ2n) is 8.29. The zero-order valence-electron chi connectivity index (χ0n) is 17.7.